The molecule has 126 valence electrons. The molecule has 5 heteroatoms. The molecule has 1 saturated carbocycles. The van der Waals surface area contributed by atoms with Gasteiger partial charge in [0, 0.05) is 18.3 Å². The standard InChI is InChI=1S/C19H24N4O/c1-13-7-3-4-8-15(13)12-20-18(24)17-11-14(2)21-19(23-17)22-16-9-5-6-10-16/h3-4,7-8,11,16H,5-6,9-10,12H2,1-2H3,(H,20,24)(H,21,22,23). The monoisotopic (exact) mass is 324 g/mol. The molecule has 1 amide bonds. The van der Waals surface area contributed by atoms with Crippen LogP contribution in [0.2, 0.25) is 0 Å². The van der Waals surface area contributed by atoms with Crippen molar-refractivity contribution in [2.24, 2.45) is 0 Å². The molecule has 1 aliphatic carbocycles. The van der Waals surface area contributed by atoms with Crippen molar-refractivity contribution >= 4 is 11.9 Å². The summed E-state index contributed by atoms with van der Waals surface area (Å²) >= 11 is 0. The van der Waals surface area contributed by atoms with Crippen LogP contribution >= 0.6 is 0 Å². The Hall–Kier alpha value is -2.43. The highest BCUT2D eigenvalue weighted by atomic mass is 16.1. The summed E-state index contributed by atoms with van der Waals surface area (Å²) < 4.78 is 0. The molecular formula is C19H24N4O. The van der Waals surface area contributed by atoms with Gasteiger partial charge in [0.05, 0.1) is 0 Å². The van der Waals surface area contributed by atoms with Crippen LogP contribution in [0.5, 0.6) is 0 Å². The number of rotatable bonds is 5. The smallest absolute Gasteiger partial charge is 0.270 e. The Kier molecular flexibility index (Phi) is 5.08. The van der Waals surface area contributed by atoms with Crippen LogP contribution in [0.15, 0.2) is 30.3 Å². The molecular weight excluding hydrogens is 300 g/mol. The number of aryl methyl sites for hydroxylation is 2. The second-order valence-corrected chi connectivity index (χ2v) is 6.45. The average Bonchev–Trinajstić information content (AvgIpc) is 3.06. The van der Waals surface area contributed by atoms with Gasteiger partial charge in [-0.05, 0) is 43.9 Å². The van der Waals surface area contributed by atoms with Gasteiger partial charge >= 0.3 is 0 Å². The summed E-state index contributed by atoms with van der Waals surface area (Å²) in [7, 11) is 0. The summed E-state index contributed by atoms with van der Waals surface area (Å²) in [6, 6.07) is 10.2. The quantitative estimate of drug-likeness (QED) is 0.885. The Morgan fingerprint density at radius 1 is 1.17 bits per heavy atom. The van der Waals surface area contributed by atoms with Gasteiger partial charge in [-0.25, -0.2) is 9.97 Å². The predicted molar refractivity (Wildman–Crippen MR) is 95.0 cm³/mol. The Morgan fingerprint density at radius 2 is 1.92 bits per heavy atom. The molecule has 1 fully saturated rings. The lowest BCUT2D eigenvalue weighted by Crippen LogP contribution is -2.25. The summed E-state index contributed by atoms with van der Waals surface area (Å²) in [6.45, 7) is 4.43. The van der Waals surface area contributed by atoms with Crippen molar-refractivity contribution in [3.63, 3.8) is 0 Å². The highest BCUT2D eigenvalue weighted by Gasteiger charge is 2.17. The summed E-state index contributed by atoms with van der Waals surface area (Å²) in [5.74, 6) is 0.390. The number of nitrogens with zero attached hydrogens (tertiary/aromatic N) is 2. The van der Waals surface area contributed by atoms with Gasteiger partial charge in [-0.15, -0.1) is 0 Å². The van der Waals surface area contributed by atoms with Crippen molar-refractivity contribution < 1.29 is 4.79 Å². The zero-order valence-electron chi connectivity index (χ0n) is 14.3. The average molecular weight is 324 g/mol. The lowest BCUT2D eigenvalue weighted by atomic mass is 10.1. The molecule has 1 aromatic heterocycles. The third-order valence-corrected chi connectivity index (χ3v) is 4.48. The first-order valence-corrected chi connectivity index (χ1v) is 8.57. The van der Waals surface area contributed by atoms with Crippen molar-refractivity contribution in [3.05, 3.63) is 52.8 Å². The van der Waals surface area contributed by atoms with Crippen molar-refractivity contribution in [1.29, 1.82) is 0 Å². The zero-order valence-corrected chi connectivity index (χ0v) is 14.3. The largest absolute Gasteiger partial charge is 0.351 e. The van der Waals surface area contributed by atoms with E-state index in [0.717, 1.165) is 24.1 Å². The number of hydrogen-bond acceptors (Lipinski definition) is 4. The first-order valence-electron chi connectivity index (χ1n) is 8.57. The fourth-order valence-electron chi connectivity index (χ4n) is 3.08. The van der Waals surface area contributed by atoms with Gasteiger partial charge in [-0.3, -0.25) is 4.79 Å². The predicted octanol–water partition coefficient (Wildman–Crippen LogP) is 3.38. The molecule has 0 radical (unpaired) electrons. The minimum atomic E-state index is -0.168. The molecule has 0 bridgehead atoms. The topological polar surface area (TPSA) is 66.9 Å². The SMILES string of the molecule is Cc1cc(C(=O)NCc2ccccc2C)nc(NC2CCCC2)n1. The Bertz CT molecular complexity index is 723. The van der Waals surface area contributed by atoms with E-state index in [1.165, 1.54) is 18.4 Å². The van der Waals surface area contributed by atoms with E-state index in [1.54, 1.807) is 6.07 Å². The van der Waals surface area contributed by atoms with Gasteiger partial charge in [0.25, 0.3) is 5.91 Å². The van der Waals surface area contributed by atoms with Crippen molar-refractivity contribution in [2.75, 3.05) is 5.32 Å². The van der Waals surface area contributed by atoms with Crippen LogP contribution in [-0.4, -0.2) is 21.9 Å². The maximum absolute atomic E-state index is 12.4. The number of carbonyl (C=O) groups excluding carboxylic acids is 1. The second-order valence-electron chi connectivity index (χ2n) is 6.45. The van der Waals surface area contributed by atoms with E-state index in [1.807, 2.05) is 38.1 Å². The highest BCUT2D eigenvalue weighted by molar-refractivity contribution is 5.92. The number of hydrogen-bond donors (Lipinski definition) is 2. The first-order chi connectivity index (χ1) is 11.6. The van der Waals surface area contributed by atoms with E-state index in [0.29, 0.717) is 24.2 Å². The van der Waals surface area contributed by atoms with Crippen LogP contribution in [-0.2, 0) is 6.54 Å². The molecule has 2 N–H and O–H groups in total. The fourth-order valence-corrected chi connectivity index (χ4v) is 3.08. The number of nitrogens with one attached hydrogen (secondary N) is 2. The third-order valence-electron chi connectivity index (χ3n) is 4.48. The number of aromatic nitrogens is 2. The summed E-state index contributed by atoms with van der Waals surface area (Å²) in [5.41, 5.74) is 3.49. The second kappa shape index (κ2) is 7.43. The maximum Gasteiger partial charge on any atom is 0.270 e. The van der Waals surface area contributed by atoms with Crippen molar-refractivity contribution in [1.82, 2.24) is 15.3 Å². The highest BCUT2D eigenvalue weighted by Crippen LogP contribution is 2.21. The Morgan fingerprint density at radius 3 is 2.67 bits per heavy atom. The molecule has 0 spiro atoms. The Labute approximate surface area is 142 Å². The number of amides is 1. The lowest BCUT2D eigenvalue weighted by molar-refractivity contribution is 0.0945. The van der Waals surface area contributed by atoms with Gasteiger partial charge < -0.3 is 10.6 Å². The molecule has 0 saturated heterocycles. The van der Waals surface area contributed by atoms with Crippen LogP contribution < -0.4 is 10.6 Å². The van der Waals surface area contributed by atoms with E-state index in [9.17, 15) is 4.79 Å². The minimum Gasteiger partial charge on any atom is -0.351 e. The van der Waals surface area contributed by atoms with E-state index in [4.69, 9.17) is 0 Å². The summed E-state index contributed by atoms with van der Waals surface area (Å²) in [6.07, 6.45) is 4.78. The molecule has 0 unspecified atom stereocenters. The fraction of sp³-hybridized carbons (Fsp3) is 0.421. The van der Waals surface area contributed by atoms with Gasteiger partial charge in [0.2, 0.25) is 5.95 Å². The van der Waals surface area contributed by atoms with Crippen LogP contribution in [0.1, 0.15) is 53.0 Å². The van der Waals surface area contributed by atoms with Crippen LogP contribution in [0, 0.1) is 13.8 Å². The summed E-state index contributed by atoms with van der Waals surface area (Å²) in [4.78, 5) is 21.2. The zero-order chi connectivity index (χ0) is 16.9. The molecule has 3 rings (SSSR count). The molecule has 2 aromatic rings. The molecule has 1 aliphatic rings. The van der Waals surface area contributed by atoms with Gasteiger partial charge in [0.1, 0.15) is 5.69 Å². The molecule has 1 heterocycles. The van der Waals surface area contributed by atoms with Crippen LogP contribution in [0.3, 0.4) is 0 Å². The normalized spacial score (nSPS) is 14.6. The van der Waals surface area contributed by atoms with Crippen LogP contribution in [0.4, 0.5) is 5.95 Å². The maximum atomic E-state index is 12.4. The van der Waals surface area contributed by atoms with Crippen molar-refractivity contribution in [3.8, 4) is 0 Å². The van der Waals surface area contributed by atoms with Crippen molar-refractivity contribution in [2.45, 2.75) is 52.1 Å². The van der Waals surface area contributed by atoms with E-state index in [2.05, 4.69) is 20.6 Å². The van der Waals surface area contributed by atoms with E-state index < -0.39 is 0 Å². The number of anilines is 1. The molecule has 24 heavy (non-hydrogen) atoms. The number of carbonyl (C=O) groups is 1. The van der Waals surface area contributed by atoms with Gasteiger partial charge in [-0.2, -0.15) is 0 Å². The van der Waals surface area contributed by atoms with Crippen LogP contribution in [0.25, 0.3) is 0 Å². The molecule has 0 aliphatic heterocycles. The molecule has 1 aromatic carbocycles. The first kappa shape index (κ1) is 16.4. The molecule has 0 atom stereocenters. The Balaban J connectivity index is 1.67. The van der Waals surface area contributed by atoms with E-state index >= 15 is 0 Å². The van der Waals surface area contributed by atoms with Gasteiger partial charge in [0.15, 0.2) is 0 Å². The minimum absolute atomic E-state index is 0.168. The van der Waals surface area contributed by atoms with Gasteiger partial charge in [-0.1, -0.05) is 37.1 Å². The molecule has 5 nitrogen and oxygen atoms in total. The summed E-state index contributed by atoms with van der Waals surface area (Å²) in [5, 5.41) is 6.30. The number of benzene rings is 1. The van der Waals surface area contributed by atoms with E-state index in [-0.39, 0.29) is 5.91 Å². The lowest BCUT2D eigenvalue weighted by Gasteiger charge is -2.13. The third kappa shape index (κ3) is 4.10.